The van der Waals surface area contributed by atoms with Gasteiger partial charge in [0.1, 0.15) is 5.75 Å². The third kappa shape index (κ3) is 3.94. The average molecular weight is 309 g/mol. The summed E-state index contributed by atoms with van der Waals surface area (Å²) >= 11 is 2.83. The predicted octanol–water partition coefficient (Wildman–Crippen LogP) is 2.95. The van der Waals surface area contributed by atoms with E-state index in [9.17, 15) is 4.79 Å². The molecule has 20 heavy (non-hydrogen) atoms. The van der Waals surface area contributed by atoms with E-state index in [4.69, 9.17) is 4.74 Å². The number of ether oxygens (including phenoxy) is 1. The Bertz CT molecular complexity index is 569. The number of aromatic nitrogens is 2. The normalized spacial score (nSPS) is 10.3. The first-order valence-electron chi connectivity index (χ1n) is 6.13. The van der Waals surface area contributed by atoms with Crippen LogP contribution in [0, 0.1) is 0 Å². The Morgan fingerprint density at radius 2 is 2.10 bits per heavy atom. The fourth-order valence-electron chi connectivity index (χ4n) is 1.48. The van der Waals surface area contributed by atoms with Gasteiger partial charge in [0.2, 0.25) is 5.13 Å². The SMILES string of the molecule is CCOc1ccc(C(=O)CSc2nnc(NC)s2)cc1. The number of nitrogens with one attached hydrogen (secondary N) is 1. The Kier molecular flexibility index (Phi) is 5.37. The molecule has 2 rings (SSSR count). The van der Waals surface area contributed by atoms with Crippen LogP contribution in [0.1, 0.15) is 17.3 Å². The van der Waals surface area contributed by atoms with Gasteiger partial charge >= 0.3 is 0 Å². The second kappa shape index (κ2) is 7.25. The lowest BCUT2D eigenvalue weighted by molar-refractivity contribution is 0.102. The zero-order chi connectivity index (χ0) is 14.4. The molecule has 106 valence electrons. The number of nitrogens with zero attached hydrogens (tertiary/aromatic N) is 2. The number of anilines is 1. The molecule has 1 aromatic heterocycles. The summed E-state index contributed by atoms with van der Waals surface area (Å²) in [6.45, 7) is 2.55. The van der Waals surface area contributed by atoms with Crippen molar-refractivity contribution in [2.75, 3.05) is 24.7 Å². The number of carbonyl (C=O) groups is 1. The molecular formula is C13H15N3O2S2. The van der Waals surface area contributed by atoms with Crippen molar-refractivity contribution in [2.45, 2.75) is 11.3 Å². The first-order chi connectivity index (χ1) is 9.72. The Balaban J connectivity index is 1.90. The largest absolute Gasteiger partial charge is 0.494 e. The maximum atomic E-state index is 12.0. The van der Waals surface area contributed by atoms with Crippen LogP contribution in [0.2, 0.25) is 0 Å². The molecule has 1 aromatic carbocycles. The molecule has 2 aromatic rings. The van der Waals surface area contributed by atoms with Crippen LogP contribution in [0.15, 0.2) is 28.6 Å². The van der Waals surface area contributed by atoms with Crippen LogP contribution in [0.25, 0.3) is 0 Å². The molecule has 0 aliphatic heterocycles. The van der Waals surface area contributed by atoms with Gasteiger partial charge in [0.15, 0.2) is 10.1 Å². The van der Waals surface area contributed by atoms with E-state index in [-0.39, 0.29) is 5.78 Å². The number of hydrogen-bond acceptors (Lipinski definition) is 7. The van der Waals surface area contributed by atoms with Crippen molar-refractivity contribution in [3.8, 4) is 5.75 Å². The maximum Gasteiger partial charge on any atom is 0.206 e. The Labute approximate surface area is 125 Å². The molecular weight excluding hydrogens is 294 g/mol. The van der Waals surface area contributed by atoms with Crippen LogP contribution < -0.4 is 10.1 Å². The third-order valence-corrected chi connectivity index (χ3v) is 4.51. The summed E-state index contributed by atoms with van der Waals surface area (Å²) in [6.07, 6.45) is 0. The number of Topliss-reactive ketones (excluding diaryl/α,β-unsaturated/α-hetero) is 1. The van der Waals surface area contributed by atoms with Gasteiger partial charge in [-0.05, 0) is 31.2 Å². The number of hydrogen-bond donors (Lipinski definition) is 1. The van der Waals surface area contributed by atoms with E-state index < -0.39 is 0 Å². The zero-order valence-corrected chi connectivity index (χ0v) is 12.9. The van der Waals surface area contributed by atoms with Gasteiger partial charge in [0.25, 0.3) is 0 Å². The van der Waals surface area contributed by atoms with Gasteiger partial charge in [0, 0.05) is 12.6 Å². The first-order valence-corrected chi connectivity index (χ1v) is 7.93. The molecule has 5 nitrogen and oxygen atoms in total. The van der Waals surface area contributed by atoms with E-state index in [2.05, 4.69) is 15.5 Å². The summed E-state index contributed by atoms with van der Waals surface area (Å²) < 4.78 is 6.13. The van der Waals surface area contributed by atoms with Crippen molar-refractivity contribution in [1.29, 1.82) is 0 Å². The third-order valence-electron chi connectivity index (χ3n) is 2.43. The second-order valence-electron chi connectivity index (χ2n) is 3.79. The lowest BCUT2D eigenvalue weighted by Crippen LogP contribution is -2.02. The standard InChI is InChI=1S/C13H15N3O2S2/c1-3-18-10-6-4-9(5-7-10)11(17)8-19-13-16-15-12(14-2)20-13/h4-7H,3,8H2,1-2H3,(H,14,15). The van der Waals surface area contributed by atoms with Gasteiger partial charge in [-0.15, -0.1) is 10.2 Å². The molecule has 0 unspecified atom stereocenters. The molecule has 0 saturated heterocycles. The average Bonchev–Trinajstić information content (AvgIpc) is 2.94. The molecule has 0 aliphatic carbocycles. The van der Waals surface area contributed by atoms with E-state index in [1.807, 2.05) is 19.1 Å². The van der Waals surface area contributed by atoms with Crippen LogP contribution in [0.4, 0.5) is 5.13 Å². The minimum atomic E-state index is 0.0688. The van der Waals surface area contributed by atoms with Crippen molar-refractivity contribution >= 4 is 34.0 Å². The Morgan fingerprint density at radius 3 is 2.70 bits per heavy atom. The molecule has 0 radical (unpaired) electrons. The van der Waals surface area contributed by atoms with Gasteiger partial charge in [-0.2, -0.15) is 0 Å². The molecule has 0 saturated carbocycles. The quantitative estimate of drug-likeness (QED) is 0.626. The molecule has 0 atom stereocenters. The molecule has 0 fully saturated rings. The summed E-state index contributed by atoms with van der Waals surface area (Å²) in [5, 5.41) is 11.6. The molecule has 0 aliphatic rings. The summed E-state index contributed by atoms with van der Waals surface area (Å²) in [5.41, 5.74) is 0.680. The lowest BCUT2D eigenvalue weighted by atomic mass is 10.1. The molecule has 0 amide bonds. The highest BCUT2D eigenvalue weighted by molar-refractivity contribution is 8.01. The van der Waals surface area contributed by atoms with Crippen LogP contribution >= 0.6 is 23.1 Å². The van der Waals surface area contributed by atoms with Gasteiger partial charge in [-0.1, -0.05) is 23.1 Å². The minimum absolute atomic E-state index is 0.0688. The Hall–Kier alpha value is -1.60. The summed E-state index contributed by atoms with van der Waals surface area (Å²) in [7, 11) is 1.79. The monoisotopic (exact) mass is 309 g/mol. The highest BCUT2D eigenvalue weighted by Crippen LogP contribution is 2.25. The Morgan fingerprint density at radius 1 is 1.35 bits per heavy atom. The number of ketones is 1. The summed E-state index contributed by atoms with van der Waals surface area (Å²) in [6, 6.07) is 7.19. The molecule has 1 heterocycles. The van der Waals surface area contributed by atoms with E-state index >= 15 is 0 Å². The molecule has 1 N–H and O–H groups in total. The fraction of sp³-hybridized carbons (Fsp3) is 0.308. The number of benzene rings is 1. The minimum Gasteiger partial charge on any atom is -0.494 e. The smallest absolute Gasteiger partial charge is 0.206 e. The van der Waals surface area contributed by atoms with E-state index in [0.29, 0.717) is 17.9 Å². The summed E-state index contributed by atoms with van der Waals surface area (Å²) in [5.74, 6) is 1.20. The fourth-order valence-corrected chi connectivity index (χ4v) is 3.08. The van der Waals surface area contributed by atoms with E-state index in [1.54, 1.807) is 19.2 Å². The van der Waals surface area contributed by atoms with E-state index in [0.717, 1.165) is 15.2 Å². The van der Waals surface area contributed by atoms with Gasteiger partial charge in [-0.3, -0.25) is 4.79 Å². The van der Waals surface area contributed by atoms with Crippen molar-refractivity contribution in [3.05, 3.63) is 29.8 Å². The van der Waals surface area contributed by atoms with Gasteiger partial charge < -0.3 is 10.1 Å². The van der Waals surface area contributed by atoms with Crippen molar-refractivity contribution in [1.82, 2.24) is 10.2 Å². The number of thioether (sulfide) groups is 1. The molecule has 0 bridgehead atoms. The molecule has 7 heteroatoms. The van der Waals surface area contributed by atoms with Crippen LogP contribution in [0.5, 0.6) is 5.75 Å². The highest BCUT2D eigenvalue weighted by atomic mass is 32.2. The van der Waals surface area contributed by atoms with E-state index in [1.165, 1.54) is 23.1 Å². The van der Waals surface area contributed by atoms with Crippen LogP contribution in [-0.2, 0) is 0 Å². The zero-order valence-electron chi connectivity index (χ0n) is 11.3. The second-order valence-corrected chi connectivity index (χ2v) is 5.99. The van der Waals surface area contributed by atoms with Gasteiger partial charge in [-0.25, -0.2) is 0 Å². The predicted molar refractivity (Wildman–Crippen MR) is 82.1 cm³/mol. The van der Waals surface area contributed by atoms with Crippen LogP contribution in [-0.4, -0.2) is 35.4 Å². The van der Waals surface area contributed by atoms with Gasteiger partial charge in [0.05, 0.1) is 12.4 Å². The van der Waals surface area contributed by atoms with Crippen LogP contribution in [0.3, 0.4) is 0 Å². The van der Waals surface area contributed by atoms with Crippen molar-refractivity contribution in [3.63, 3.8) is 0 Å². The van der Waals surface area contributed by atoms with Crippen molar-refractivity contribution in [2.24, 2.45) is 0 Å². The molecule has 0 spiro atoms. The lowest BCUT2D eigenvalue weighted by Gasteiger charge is -2.03. The topological polar surface area (TPSA) is 64.1 Å². The summed E-state index contributed by atoms with van der Waals surface area (Å²) in [4.78, 5) is 12.0. The van der Waals surface area contributed by atoms with Crippen molar-refractivity contribution < 1.29 is 9.53 Å². The number of rotatable bonds is 7. The highest BCUT2D eigenvalue weighted by Gasteiger charge is 2.09. The first kappa shape index (κ1) is 14.8. The number of carbonyl (C=O) groups excluding carboxylic acids is 1. The maximum absolute atomic E-state index is 12.0.